The van der Waals surface area contributed by atoms with Gasteiger partial charge in [0.15, 0.2) is 0 Å². The van der Waals surface area contributed by atoms with Crippen molar-refractivity contribution in [2.24, 2.45) is 0 Å². The van der Waals surface area contributed by atoms with Crippen molar-refractivity contribution in [2.75, 3.05) is 20.3 Å². The van der Waals surface area contributed by atoms with E-state index in [1.54, 1.807) is 13.3 Å². The van der Waals surface area contributed by atoms with Gasteiger partial charge >= 0.3 is 0 Å². The molecule has 2 rings (SSSR count). The minimum absolute atomic E-state index is 0.144. The second-order valence-electron chi connectivity index (χ2n) is 4.15. The van der Waals surface area contributed by atoms with Crippen LogP contribution in [0.1, 0.15) is 22.5 Å². The quantitative estimate of drug-likeness (QED) is 0.813. The van der Waals surface area contributed by atoms with Gasteiger partial charge in [-0.1, -0.05) is 6.07 Å². The van der Waals surface area contributed by atoms with Crippen molar-refractivity contribution in [3.8, 4) is 0 Å². The van der Waals surface area contributed by atoms with Crippen molar-refractivity contribution in [3.05, 3.63) is 35.8 Å². The molecule has 1 N–H and O–H groups in total. The first kappa shape index (κ1) is 12.6. The van der Waals surface area contributed by atoms with Crippen LogP contribution in [0.5, 0.6) is 0 Å². The number of carbonyl (C=O) groups excluding carboxylic acids is 1. The summed E-state index contributed by atoms with van der Waals surface area (Å²) in [5.74, 6) is -0.144. The van der Waals surface area contributed by atoms with E-state index in [-0.39, 0.29) is 5.91 Å². The van der Waals surface area contributed by atoms with E-state index in [0.29, 0.717) is 18.8 Å². The zero-order valence-corrected chi connectivity index (χ0v) is 10.6. The summed E-state index contributed by atoms with van der Waals surface area (Å²) < 4.78 is 6.78. The van der Waals surface area contributed by atoms with Crippen LogP contribution in [0, 0.1) is 6.92 Å². The first-order valence-corrected chi connectivity index (χ1v) is 5.94. The zero-order valence-electron chi connectivity index (χ0n) is 10.6. The van der Waals surface area contributed by atoms with Gasteiger partial charge in [0.05, 0.1) is 0 Å². The van der Waals surface area contributed by atoms with Gasteiger partial charge in [-0.25, -0.2) is 4.98 Å². The number of hydrogen-bond acceptors (Lipinski definition) is 3. The van der Waals surface area contributed by atoms with E-state index in [4.69, 9.17) is 4.74 Å². The van der Waals surface area contributed by atoms with Gasteiger partial charge < -0.3 is 14.5 Å². The largest absolute Gasteiger partial charge is 0.385 e. The fourth-order valence-corrected chi connectivity index (χ4v) is 1.77. The Morgan fingerprint density at radius 2 is 2.39 bits per heavy atom. The minimum Gasteiger partial charge on any atom is -0.385 e. The number of rotatable bonds is 5. The van der Waals surface area contributed by atoms with Gasteiger partial charge in [0.1, 0.15) is 11.3 Å². The molecule has 0 radical (unpaired) electrons. The normalized spacial score (nSPS) is 10.8. The highest BCUT2D eigenvalue weighted by Gasteiger charge is 2.10. The number of nitrogens with one attached hydrogen (secondary N) is 1. The highest BCUT2D eigenvalue weighted by molar-refractivity contribution is 5.92. The number of hydrogen-bond donors (Lipinski definition) is 1. The summed E-state index contributed by atoms with van der Waals surface area (Å²) in [6.45, 7) is 3.21. The topological polar surface area (TPSA) is 55.6 Å². The minimum atomic E-state index is -0.144. The molecule has 0 unspecified atom stereocenters. The Hall–Kier alpha value is -1.88. The molecular formula is C13H17N3O2. The lowest BCUT2D eigenvalue weighted by atomic mass is 10.3. The summed E-state index contributed by atoms with van der Waals surface area (Å²) >= 11 is 0. The van der Waals surface area contributed by atoms with Gasteiger partial charge in [0.25, 0.3) is 5.91 Å². The van der Waals surface area contributed by atoms with Gasteiger partial charge in [0, 0.05) is 32.7 Å². The molecule has 0 saturated heterocycles. The Labute approximate surface area is 106 Å². The third-order valence-electron chi connectivity index (χ3n) is 2.72. The maximum atomic E-state index is 11.9. The van der Waals surface area contributed by atoms with Crippen LogP contribution < -0.4 is 5.32 Å². The Bertz CT molecular complexity index is 548. The van der Waals surface area contributed by atoms with Crippen LogP contribution in [-0.2, 0) is 4.74 Å². The average Bonchev–Trinajstić information content (AvgIpc) is 2.80. The van der Waals surface area contributed by atoms with Gasteiger partial charge in [0.2, 0.25) is 0 Å². The molecule has 2 aromatic rings. The third kappa shape index (κ3) is 2.68. The second-order valence-corrected chi connectivity index (χ2v) is 4.15. The molecule has 0 aliphatic heterocycles. The average molecular weight is 247 g/mol. The van der Waals surface area contributed by atoms with Crippen molar-refractivity contribution in [3.63, 3.8) is 0 Å². The summed E-state index contributed by atoms with van der Waals surface area (Å²) in [6, 6.07) is 3.91. The standard InChI is InChI=1S/C13H17N3O2/c1-10-5-3-7-16-9-11(15-12(10)16)13(17)14-6-4-8-18-2/h3,5,7,9H,4,6,8H2,1-2H3,(H,14,17). The molecule has 96 valence electrons. The maximum Gasteiger partial charge on any atom is 0.271 e. The van der Waals surface area contributed by atoms with Crippen LogP contribution in [0.2, 0.25) is 0 Å². The lowest BCUT2D eigenvalue weighted by molar-refractivity contribution is 0.0944. The number of carbonyl (C=O) groups is 1. The molecule has 0 aliphatic rings. The lowest BCUT2D eigenvalue weighted by Crippen LogP contribution is -2.25. The summed E-state index contributed by atoms with van der Waals surface area (Å²) in [6.07, 6.45) is 4.43. The maximum absolute atomic E-state index is 11.9. The molecule has 0 atom stereocenters. The van der Waals surface area contributed by atoms with E-state index in [2.05, 4.69) is 10.3 Å². The molecule has 0 aromatic carbocycles. The van der Waals surface area contributed by atoms with E-state index in [1.807, 2.05) is 29.7 Å². The summed E-state index contributed by atoms with van der Waals surface area (Å²) in [7, 11) is 1.65. The van der Waals surface area contributed by atoms with Crippen LogP contribution in [0.15, 0.2) is 24.5 Å². The zero-order chi connectivity index (χ0) is 13.0. The van der Waals surface area contributed by atoms with Gasteiger partial charge in [-0.3, -0.25) is 4.79 Å². The summed E-state index contributed by atoms with van der Waals surface area (Å²) in [5, 5.41) is 2.82. The van der Waals surface area contributed by atoms with E-state index in [9.17, 15) is 4.79 Å². The van der Waals surface area contributed by atoms with Crippen molar-refractivity contribution in [1.29, 1.82) is 0 Å². The molecule has 0 bridgehead atoms. The molecule has 0 fully saturated rings. The number of ether oxygens (including phenoxy) is 1. The number of imidazole rings is 1. The number of pyridine rings is 1. The first-order chi connectivity index (χ1) is 8.72. The lowest BCUT2D eigenvalue weighted by Gasteiger charge is -2.01. The first-order valence-electron chi connectivity index (χ1n) is 5.94. The molecule has 0 aliphatic carbocycles. The van der Waals surface area contributed by atoms with Gasteiger partial charge in [-0.15, -0.1) is 0 Å². The van der Waals surface area contributed by atoms with Crippen molar-refractivity contribution in [2.45, 2.75) is 13.3 Å². The van der Waals surface area contributed by atoms with Crippen LogP contribution in [0.4, 0.5) is 0 Å². The predicted octanol–water partition coefficient (Wildman–Crippen LogP) is 1.41. The molecule has 1 amide bonds. The van der Waals surface area contributed by atoms with Crippen LogP contribution in [0.3, 0.4) is 0 Å². The number of nitrogens with zero attached hydrogens (tertiary/aromatic N) is 2. The SMILES string of the molecule is COCCCNC(=O)c1cn2cccc(C)c2n1. The second kappa shape index (κ2) is 5.64. The Kier molecular flexibility index (Phi) is 3.94. The van der Waals surface area contributed by atoms with Gasteiger partial charge in [-0.2, -0.15) is 0 Å². The summed E-state index contributed by atoms with van der Waals surface area (Å²) in [4.78, 5) is 16.2. The summed E-state index contributed by atoms with van der Waals surface area (Å²) in [5.41, 5.74) is 2.32. The van der Waals surface area contributed by atoms with Crippen LogP contribution in [0.25, 0.3) is 5.65 Å². The third-order valence-corrected chi connectivity index (χ3v) is 2.72. The van der Waals surface area contributed by atoms with Crippen molar-refractivity contribution in [1.82, 2.24) is 14.7 Å². The Morgan fingerprint density at radius 1 is 1.56 bits per heavy atom. The number of fused-ring (bicyclic) bond motifs is 1. The molecule has 0 spiro atoms. The van der Waals surface area contributed by atoms with Gasteiger partial charge in [-0.05, 0) is 25.0 Å². The fraction of sp³-hybridized carbons (Fsp3) is 0.385. The highest BCUT2D eigenvalue weighted by atomic mass is 16.5. The smallest absolute Gasteiger partial charge is 0.271 e. The van der Waals surface area contributed by atoms with E-state index in [1.165, 1.54) is 0 Å². The van der Waals surface area contributed by atoms with Crippen LogP contribution in [-0.4, -0.2) is 35.6 Å². The molecule has 0 saturated carbocycles. The van der Waals surface area contributed by atoms with E-state index >= 15 is 0 Å². The monoisotopic (exact) mass is 247 g/mol. The van der Waals surface area contributed by atoms with E-state index < -0.39 is 0 Å². The van der Waals surface area contributed by atoms with Crippen LogP contribution >= 0.6 is 0 Å². The van der Waals surface area contributed by atoms with E-state index in [0.717, 1.165) is 17.6 Å². The molecular weight excluding hydrogens is 230 g/mol. The molecule has 2 heterocycles. The number of methoxy groups -OCH3 is 1. The molecule has 5 heteroatoms. The Balaban J connectivity index is 2.06. The molecule has 5 nitrogen and oxygen atoms in total. The fourth-order valence-electron chi connectivity index (χ4n) is 1.77. The number of aryl methyl sites for hydroxylation is 1. The highest BCUT2D eigenvalue weighted by Crippen LogP contribution is 2.09. The Morgan fingerprint density at radius 3 is 3.11 bits per heavy atom. The van der Waals surface area contributed by atoms with Crippen molar-refractivity contribution >= 4 is 11.6 Å². The molecule has 2 aromatic heterocycles. The number of amides is 1. The predicted molar refractivity (Wildman–Crippen MR) is 68.8 cm³/mol. The number of aromatic nitrogens is 2. The molecule has 18 heavy (non-hydrogen) atoms. The van der Waals surface area contributed by atoms with Crippen molar-refractivity contribution < 1.29 is 9.53 Å².